The van der Waals surface area contributed by atoms with Crippen molar-refractivity contribution in [2.75, 3.05) is 5.32 Å². The van der Waals surface area contributed by atoms with Gasteiger partial charge in [-0.25, -0.2) is 0 Å². The maximum Gasteiger partial charge on any atom is 0.227 e. The summed E-state index contributed by atoms with van der Waals surface area (Å²) in [4.78, 5) is 11.9. The van der Waals surface area contributed by atoms with Crippen LogP contribution in [0, 0.1) is 11.8 Å². The Morgan fingerprint density at radius 2 is 1.76 bits per heavy atom. The number of aliphatic hydroxyl groups is 1. The molecule has 0 bridgehead atoms. The van der Waals surface area contributed by atoms with E-state index >= 15 is 0 Å². The molecule has 94 valence electrons. The van der Waals surface area contributed by atoms with Gasteiger partial charge in [0.05, 0.1) is 6.10 Å². The number of benzene rings is 1. The third-order valence-corrected chi connectivity index (χ3v) is 3.08. The van der Waals surface area contributed by atoms with Crippen LogP contribution in [0.15, 0.2) is 24.3 Å². The quantitative estimate of drug-likeness (QED) is 0.843. The monoisotopic (exact) mass is 235 g/mol. The molecule has 0 spiro atoms. The van der Waals surface area contributed by atoms with Crippen molar-refractivity contribution in [2.45, 2.75) is 33.8 Å². The van der Waals surface area contributed by atoms with Gasteiger partial charge in [0.25, 0.3) is 0 Å². The summed E-state index contributed by atoms with van der Waals surface area (Å²) in [5, 5.41) is 12.5. The molecule has 0 aromatic heterocycles. The van der Waals surface area contributed by atoms with Crippen LogP contribution >= 0.6 is 0 Å². The fourth-order valence-electron chi connectivity index (χ4n) is 1.52. The van der Waals surface area contributed by atoms with Crippen molar-refractivity contribution in [3.8, 4) is 0 Å². The molecule has 0 saturated heterocycles. The van der Waals surface area contributed by atoms with Gasteiger partial charge in [0.2, 0.25) is 5.91 Å². The molecule has 0 aliphatic carbocycles. The largest absolute Gasteiger partial charge is 0.389 e. The summed E-state index contributed by atoms with van der Waals surface area (Å²) in [5.41, 5.74) is 1.44. The molecule has 0 saturated carbocycles. The van der Waals surface area contributed by atoms with Crippen molar-refractivity contribution < 1.29 is 9.90 Å². The van der Waals surface area contributed by atoms with E-state index in [1.165, 1.54) is 0 Å². The minimum Gasteiger partial charge on any atom is -0.389 e. The van der Waals surface area contributed by atoms with Crippen molar-refractivity contribution in [1.29, 1.82) is 0 Å². The second-order valence-electron chi connectivity index (χ2n) is 4.79. The van der Waals surface area contributed by atoms with Gasteiger partial charge >= 0.3 is 0 Å². The van der Waals surface area contributed by atoms with Gasteiger partial charge in [-0.05, 0) is 18.9 Å². The number of hydrogen-bond donors (Lipinski definition) is 2. The Morgan fingerprint density at radius 3 is 2.29 bits per heavy atom. The Balaban J connectivity index is 2.85. The maximum atomic E-state index is 11.9. The average Bonchev–Trinajstić information content (AvgIpc) is 2.28. The molecule has 0 aliphatic heterocycles. The highest BCUT2D eigenvalue weighted by Crippen LogP contribution is 2.23. The molecule has 0 fully saturated rings. The van der Waals surface area contributed by atoms with Gasteiger partial charge in [0.1, 0.15) is 0 Å². The van der Waals surface area contributed by atoms with Crippen LogP contribution in [0.5, 0.6) is 0 Å². The van der Waals surface area contributed by atoms with Crippen LogP contribution in [0.25, 0.3) is 0 Å². The first kappa shape index (κ1) is 13.7. The van der Waals surface area contributed by atoms with Crippen molar-refractivity contribution in [3.05, 3.63) is 29.8 Å². The van der Waals surface area contributed by atoms with Crippen molar-refractivity contribution in [2.24, 2.45) is 11.8 Å². The first-order valence-corrected chi connectivity index (χ1v) is 6.01. The van der Waals surface area contributed by atoms with Crippen LogP contribution in [0.2, 0.25) is 0 Å². The Morgan fingerprint density at radius 1 is 1.18 bits per heavy atom. The molecule has 1 aromatic carbocycles. The van der Waals surface area contributed by atoms with E-state index in [1.807, 2.05) is 45.0 Å². The van der Waals surface area contributed by atoms with Crippen molar-refractivity contribution in [3.63, 3.8) is 0 Å². The van der Waals surface area contributed by atoms with E-state index in [-0.39, 0.29) is 11.8 Å². The Labute approximate surface area is 103 Å². The number of aliphatic hydroxyl groups excluding tert-OH is 1. The van der Waals surface area contributed by atoms with Gasteiger partial charge in [0.15, 0.2) is 0 Å². The first-order valence-electron chi connectivity index (χ1n) is 6.01. The third-order valence-electron chi connectivity index (χ3n) is 3.08. The number of hydrogen-bond acceptors (Lipinski definition) is 2. The summed E-state index contributed by atoms with van der Waals surface area (Å²) >= 11 is 0. The van der Waals surface area contributed by atoms with Crippen LogP contribution in [-0.4, -0.2) is 11.0 Å². The van der Waals surface area contributed by atoms with Gasteiger partial charge in [0, 0.05) is 17.2 Å². The highest BCUT2D eigenvalue weighted by Gasteiger charge is 2.18. The number of amides is 1. The molecule has 2 unspecified atom stereocenters. The Bertz CT molecular complexity index is 386. The molecule has 1 amide bonds. The summed E-state index contributed by atoms with van der Waals surface area (Å²) in [7, 11) is 0. The lowest BCUT2D eigenvalue weighted by atomic mass is 9.97. The smallest absolute Gasteiger partial charge is 0.227 e. The van der Waals surface area contributed by atoms with Crippen molar-refractivity contribution >= 4 is 11.6 Å². The number of carbonyl (C=O) groups excluding carboxylic acids is 1. The third kappa shape index (κ3) is 3.56. The molecule has 2 atom stereocenters. The predicted molar refractivity (Wildman–Crippen MR) is 69.7 cm³/mol. The van der Waals surface area contributed by atoms with Gasteiger partial charge in [-0.1, -0.05) is 39.0 Å². The first-order chi connectivity index (χ1) is 7.93. The summed E-state index contributed by atoms with van der Waals surface area (Å²) in [6.07, 6.45) is -0.583. The molecule has 0 aliphatic rings. The average molecular weight is 235 g/mol. The van der Waals surface area contributed by atoms with E-state index in [2.05, 4.69) is 5.32 Å². The number of para-hydroxylation sites is 1. The SMILES string of the molecule is CC(O)c1ccccc1NC(=O)C(C)C(C)C. The summed E-state index contributed by atoms with van der Waals surface area (Å²) in [5.74, 6) is 0.249. The normalized spacial score (nSPS) is 14.5. The fraction of sp³-hybridized carbons (Fsp3) is 0.500. The molecule has 3 heteroatoms. The minimum atomic E-state index is -0.583. The van der Waals surface area contributed by atoms with Crippen LogP contribution < -0.4 is 5.32 Å². The zero-order valence-electron chi connectivity index (χ0n) is 10.9. The molecule has 3 nitrogen and oxygen atoms in total. The molecule has 17 heavy (non-hydrogen) atoms. The van der Waals surface area contributed by atoms with E-state index in [1.54, 1.807) is 6.92 Å². The van der Waals surface area contributed by atoms with Gasteiger partial charge in [-0.15, -0.1) is 0 Å². The summed E-state index contributed by atoms with van der Waals surface area (Å²) < 4.78 is 0. The number of carbonyl (C=O) groups is 1. The minimum absolute atomic E-state index is 0.00639. The van der Waals surface area contributed by atoms with E-state index in [0.717, 1.165) is 5.56 Å². The number of nitrogens with one attached hydrogen (secondary N) is 1. The summed E-state index contributed by atoms with van der Waals surface area (Å²) in [6.45, 7) is 7.64. The van der Waals surface area contributed by atoms with Crippen LogP contribution in [0.1, 0.15) is 39.4 Å². The lowest BCUT2D eigenvalue weighted by Gasteiger charge is -2.18. The molecule has 2 N–H and O–H groups in total. The van der Waals surface area contributed by atoms with Gasteiger partial charge in [-0.3, -0.25) is 4.79 Å². The Hall–Kier alpha value is -1.35. The molecule has 1 aromatic rings. The summed E-state index contributed by atoms with van der Waals surface area (Å²) in [6, 6.07) is 7.33. The highest BCUT2D eigenvalue weighted by molar-refractivity contribution is 5.93. The van der Waals surface area contributed by atoms with E-state index in [9.17, 15) is 9.90 Å². The van der Waals surface area contributed by atoms with Crippen LogP contribution in [0.3, 0.4) is 0 Å². The number of anilines is 1. The standard InChI is InChI=1S/C14H21NO2/c1-9(2)10(3)14(17)15-13-8-6-5-7-12(13)11(4)16/h5-11,16H,1-4H3,(H,15,17). The van der Waals surface area contributed by atoms with Crippen LogP contribution in [0.4, 0.5) is 5.69 Å². The van der Waals surface area contributed by atoms with Gasteiger partial charge < -0.3 is 10.4 Å². The molecular formula is C14H21NO2. The van der Waals surface area contributed by atoms with Gasteiger partial charge in [-0.2, -0.15) is 0 Å². The maximum absolute atomic E-state index is 11.9. The zero-order valence-corrected chi connectivity index (χ0v) is 10.9. The van der Waals surface area contributed by atoms with E-state index in [0.29, 0.717) is 11.6 Å². The van der Waals surface area contributed by atoms with E-state index in [4.69, 9.17) is 0 Å². The van der Waals surface area contributed by atoms with E-state index < -0.39 is 6.10 Å². The topological polar surface area (TPSA) is 49.3 Å². The molecular weight excluding hydrogens is 214 g/mol. The molecule has 0 radical (unpaired) electrons. The lowest BCUT2D eigenvalue weighted by molar-refractivity contribution is -0.120. The lowest BCUT2D eigenvalue weighted by Crippen LogP contribution is -2.25. The Kier molecular flexibility index (Phi) is 4.70. The second-order valence-corrected chi connectivity index (χ2v) is 4.79. The van der Waals surface area contributed by atoms with Crippen LogP contribution in [-0.2, 0) is 4.79 Å². The second kappa shape index (κ2) is 5.82. The molecule has 1 rings (SSSR count). The number of rotatable bonds is 4. The predicted octanol–water partition coefficient (Wildman–Crippen LogP) is 2.97. The fourth-order valence-corrected chi connectivity index (χ4v) is 1.52. The molecule has 0 heterocycles. The zero-order chi connectivity index (χ0) is 13.0. The highest BCUT2D eigenvalue weighted by atomic mass is 16.3. The van der Waals surface area contributed by atoms with Crippen molar-refractivity contribution in [1.82, 2.24) is 0 Å².